The molecule has 3 fully saturated rings. The number of phenols is 2. The van der Waals surface area contributed by atoms with Crippen LogP contribution in [-0.4, -0.2) is 51.5 Å². The molecule has 2 saturated heterocycles. The summed E-state index contributed by atoms with van der Waals surface area (Å²) in [5.74, 6) is -7.75. The zero-order valence-electron chi connectivity index (χ0n) is 25.6. The first-order valence-corrected chi connectivity index (χ1v) is 15.5. The number of carbonyl (C=O) groups is 5. The Balaban J connectivity index is 1.36. The number of carboxylic acids is 1. The van der Waals surface area contributed by atoms with Crippen LogP contribution in [0, 0.1) is 29.1 Å². The predicted octanol–water partition coefficient (Wildman–Crippen LogP) is 4.63. The monoisotopic (exact) mass is 636 g/mol. The second-order valence-corrected chi connectivity index (χ2v) is 12.6. The van der Waals surface area contributed by atoms with Crippen LogP contribution >= 0.6 is 0 Å². The highest BCUT2D eigenvalue weighted by atomic mass is 16.5. The fraction of sp³-hybridized carbons (Fsp3) is 0.306. The van der Waals surface area contributed by atoms with Crippen molar-refractivity contribution in [3.63, 3.8) is 0 Å². The summed E-state index contributed by atoms with van der Waals surface area (Å²) in [7, 11) is 0. The predicted molar refractivity (Wildman–Crippen MR) is 168 cm³/mol. The van der Waals surface area contributed by atoms with Gasteiger partial charge in [0.05, 0.1) is 41.2 Å². The molecule has 0 spiro atoms. The van der Waals surface area contributed by atoms with E-state index in [2.05, 4.69) is 0 Å². The molecular formula is C36H32N2O9. The standard InChI is InChI=1S/C36H32N2O9/c1-3-47-27-11-7-10-23(30(27)40)29-20-14-15-22-28(33(43)37(31(22)41)19-12-13-21(34(44)45)26(39)16-19)24(20)17-25-32(42)38(35(46)36(25,29)2)18-8-5-4-6-9-18/h4-14,16,22,24-25,28-29,39-40H,3,15,17H2,1-2H3,(H,44,45). The number of anilines is 2. The highest BCUT2D eigenvalue weighted by Gasteiger charge is 2.68. The summed E-state index contributed by atoms with van der Waals surface area (Å²) in [6.07, 6.45) is 2.16. The van der Waals surface area contributed by atoms with Crippen molar-refractivity contribution in [1.29, 1.82) is 0 Å². The van der Waals surface area contributed by atoms with Crippen molar-refractivity contribution in [3.05, 3.63) is 89.5 Å². The summed E-state index contributed by atoms with van der Waals surface area (Å²) in [4.78, 5) is 70.5. The van der Waals surface area contributed by atoms with Crippen molar-refractivity contribution in [3.8, 4) is 17.2 Å². The van der Waals surface area contributed by atoms with Crippen LogP contribution in [0.15, 0.2) is 78.4 Å². The summed E-state index contributed by atoms with van der Waals surface area (Å²) < 4.78 is 5.69. The lowest BCUT2D eigenvalue weighted by atomic mass is 9.51. The number of nitrogens with zero attached hydrogens (tertiary/aromatic N) is 2. The lowest BCUT2D eigenvalue weighted by Crippen LogP contribution is -2.48. The summed E-state index contributed by atoms with van der Waals surface area (Å²) in [6.45, 7) is 3.80. The van der Waals surface area contributed by atoms with Crippen LogP contribution in [0.1, 0.15) is 48.5 Å². The highest BCUT2D eigenvalue weighted by molar-refractivity contribution is 6.25. The summed E-state index contributed by atoms with van der Waals surface area (Å²) in [6, 6.07) is 17.2. The number of para-hydroxylation sites is 2. The van der Waals surface area contributed by atoms with Gasteiger partial charge in [-0.15, -0.1) is 0 Å². The van der Waals surface area contributed by atoms with Gasteiger partial charge in [0, 0.05) is 17.5 Å². The molecule has 3 aromatic carbocycles. The third-order valence-corrected chi connectivity index (χ3v) is 10.4. The second-order valence-electron chi connectivity index (χ2n) is 12.6. The van der Waals surface area contributed by atoms with Crippen molar-refractivity contribution in [2.24, 2.45) is 29.1 Å². The number of hydrogen-bond acceptors (Lipinski definition) is 8. The van der Waals surface area contributed by atoms with Crippen LogP contribution in [0.3, 0.4) is 0 Å². The van der Waals surface area contributed by atoms with E-state index in [0.717, 1.165) is 17.0 Å². The topological polar surface area (TPSA) is 162 Å². The molecule has 0 radical (unpaired) electrons. The Morgan fingerprint density at radius 2 is 1.64 bits per heavy atom. The van der Waals surface area contributed by atoms with Gasteiger partial charge in [-0.2, -0.15) is 0 Å². The molecule has 11 nitrogen and oxygen atoms in total. The molecule has 2 aliphatic carbocycles. The normalized spacial score (nSPS) is 28.1. The minimum Gasteiger partial charge on any atom is -0.507 e. The largest absolute Gasteiger partial charge is 0.507 e. The lowest BCUT2D eigenvalue weighted by Gasteiger charge is -2.49. The number of amides is 4. The van der Waals surface area contributed by atoms with Crippen molar-refractivity contribution >= 4 is 41.0 Å². The maximum absolute atomic E-state index is 14.5. The number of benzene rings is 3. The van der Waals surface area contributed by atoms with E-state index < -0.39 is 70.4 Å². The van der Waals surface area contributed by atoms with Crippen LogP contribution in [0.4, 0.5) is 11.4 Å². The van der Waals surface area contributed by atoms with Crippen LogP contribution in [-0.2, 0) is 19.2 Å². The molecule has 7 rings (SSSR count). The van der Waals surface area contributed by atoms with Gasteiger partial charge in [0.1, 0.15) is 11.3 Å². The summed E-state index contributed by atoms with van der Waals surface area (Å²) in [5, 5.41) is 31.2. The number of phenolic OH excluding ortho intramolecular Hbond substituents is 1. The van der Waals surface area contributed by atoms with Gasteiger partial charge in [-0.1, -0.05) is 42.0 Å². The Hall–Kier alpha value is -5.45. The number of carbonyl (C=O) groups excluding carboxylic acids is 4. The maximum atomic E-state index is 14.5. The van der Waals surface area contributed by atoms with Crippen LogP contribution in [0.5, 0.6) is 17.2 Å². The van der Waals surface area contributed by atoms with E-state index in [-0.39, 0.29) is 42.2 Å². The molecule has 2 heterocycles. The van der Waals surface area contributed by atoms with Gasteiger partial charge in [0.2, 0.25) is 23.6 Å². The number of allylic oxidation sites excluding steroid dienone is 2. The first kappa shape index (κ1) is 30.2. The molecule has 2 aliphatic heterocycles. The average molecular weight is 637 g/mol. The number of rotatable bonds is 6. The molecular weight excluding hydrogens is 604 g/mol. The van der Waals surface area contributed by atoms with Gasteiger partial charge in [-0.25, -0.2) is 14.6 Å². The summed E-state index contributed by atoms with van der Waals surface area (Å²) in [5.41, 5.74) is -0.172. The molecule has 6 atom stereocenters. The van der Waals surface area contributed by atoms with Gasteiger partial charge in [0.15, 0.2) is 11.5 Å². The first-order valence-electron chi connectivity index (χ1n) is 15.5. The van der Waals surface area contributed by atoms with E-state index in [0.29, 0.717) is 16.8 Å². The SMILES string of the molecule is CCOc1cccc(C2C3=CCC4C(=O)N(c5ccc(C(=O)O)c(O)c5)C(=O)C4C3CC3C(=O)N(c4ccccc4)C(=O)C32C)c1O. The van der Waals surface area contributed by atoms with E-state index in [4.69, 9.17) is 4.74 Å². The van der Waals surface area contributed by atoms with E-state index in [9.17, 15) is 39.3 Å². The fourth-order valence-electron chi connectivity index (χ4n) is 8.32. The zero-order chi connectivity index (χ0) is 33.4. The van der Waals surface area contributed by atoms with Crippen molar-refractivity contribution < 1.29 is 44.0 Å². The lowest BCUT2D eigenvalue weighted by molar-refractivity contribution is -0.131. The molecule has 3 N–H and O–H groups in total. The molecule has 1 saturated carbocycles. The Labute approximate surface area is 269 Å². The second kappa shape index (κ2) is 10.8. The number of hydrogen-bond donors (Lipinski definition) is 3. The molecule has 3 aromatic rings. The van der Waals surface area contributed by atoms with E-state index >= 15 is 0 Å². The fourth-order valence-corrected chi connectivity index (χ4v) is 8.32. The number of aromatic carboxylic acids is 1. The Morgan fingerprint density at radius 1 is 0.894 bits per heavy atom. The van der Waals surface area contributed by atoms with Crippen LogP contribution in [0.2, 0.25) is 0 Å². The van der Waals surface area contributed by atoms with Crippen molar-refractivity contribution in [1.82, 2.24) is 0 Å². The average Bonchev–Trinajstić information content (AvgIpc) is 3.42. The van der Waals surface area contributed by atoms with Gasteiger partial charge >= 0.3 is 5.97 Å². The Bertz CT molecular complexity index is 1900. The maximum Gasteiger partial charge on any atom is 0.339 e. The van der Waals surface area contributed by atoms with E-state index in [1.54, 1.807) is 62.4 Å². The molecule has 6 unspecified atom stereocenters. The molecule has 240 valence electrons. The molecule has 0 bridgehead atoms. The van der Waals surface area contributed by atoms with E-state index in [1.807, 2.05) is 6.08 Å². The van der Waals surface area contributed by atoms with Gasteiger partial charge in [-0.3, -0.25) is 19.2 Å². The summed E-state index contributed by atoms with van der Waals surface area (Å²) >= 11 is 0. The number of imide groups is 2. The minimum atomic E-state index is -1.36. The van der Waals surface area contributed by atoms with Crippen LogP contribution < -0.4 is 14.5 Å². The smallest absolute Gasteiger partial charge is 0.339 e. The number of aromatic hydroxyl groups is 2. The number of fused-ring (bicyclic) bond motifs is 4. The first-order chi connectivity index (χ1) is 22.5. The van der Waals surface area contributed by atoms with Crippen LogP contribution in [0.25, 0.3) is 0 Å². The van der Waals surface area contributed by atoms with E-state index in [1.165, 1.54) is 11.0 Å². The third kappa shape index (κ3) is 4.22. The highest BCUT2D eigenvalue weighted by Crippen LogP contribution is 2.65. The Morgan fingerprint density at radius 3 is 2.32 bits per heavy atom. The van der Waals surface area contributed by atoms with Gasteiger partial charge in [0.25, 0.3) is 0 Å². The minimum absolute atomic E-state index is 0.0417. The third-order valence-electron chi connectivity index (χ3n) is 10.4. The number of carboxylic acid groups (broad SMARTS) is 1. The molecule has 11 heteroatoms. The zero-order valence-corrected chi connectivity index (χ0v) is 25.6. The van der Waals surface area contributed by atoms with Crippen molar-refractivity contribution in [2.75, 3.05) is 16.4 Å². The molecule has 4 aliphatic rings. The molecule has 0 aromatic heterocycles. The Kier molecular flexibility index (Phi) is 6.96. The molecule has 47 heavy (non-hydrogen) atoms. The quantitative estimate of drug-likeness (QED) is 0.259. The van der Waals surface area contributed by atoms with Crippen molar-refractivity contribution in [2.45, 2.75) is 32.6 Å². The molecule has 4 amide bonds. The number of ether oxygens (including phenoxy) is 1. The van der Waals surface area contributed by atoms with Gasteiger partial charge in [-0.05, 0) is 62.9 Å². The van der Waals surface area contributed by atoms with Gasteiger partial charge < -0.3 is 20.1 Å².